The van der Waals surface area contributed by atoms with Gasteiger partial charge in [0.2, 0.25) is 0 Å². The first-order valence-corrected chi connectivity index (χ1v) is 11.8. The fourth-order valence-electron chi connectivity index (χ4n) is 5.10. The Morgan fingerprint density at radius 2 is 2.00 bits per heavy atom. The summed E-state index contributed by atoms with van der Waals surface area (Å²) in [7, 11) is 0. The molecule has 3 N–H and O–H groups in total. The van der Waals surface area contributed by atoms with Crippen molar-refractivity contribution in [3.8, 4) is 6.01 Å². The lowest BCUT2D eigenvalue weighted by atomic mass is 9.89. The van der Waals surface area contributed by atoms with Crippen LogP contribution in [0.15, 0.2) is 0 Å². The molecule has 4 rings (SSSR count). The van der Waals surface area contributed by atoms with Crippen LogP contribution in [-0.4, -0.2) is 53.8 Å². The molecule has 7 nitrogen and oxygen atoms in total. The molecule has 0 aromatic carbocycles. The summed E-state index contributed by atoms with van der Waals surface area (Å²) in [4.78, 5) is 14.1. The topological polar surface area (TPSA) is 79.5 Å². The van der Waals surface area contributed by atoms with E-state index in [1.165, 1.54) is 64.5 Å². The van der Waals surface area contributed by atoms with Crippen LogP contribution in [0.4, 0.5) is 17.3 Å². The van der Waals surface area contributed by atoms with Crippen molar-refractivity contribution in [1.29, 1.82) is 0 Å². The molecule has 1 aliphatic carbocycles. The van der Waals surface area contributed by atoms with E-state index in [0.29, 0.717) is 18.4 Å². The van der Waals surface area contributed by atoms with Gasteiger partial charge in [-0.1, -0.05) is 32.6 Å². The number of nitrogens with one attached hydrogen (secondary N) is 1. The highest BCUT2D eigenvalue weighted by Crippen LogP contribution is 2.36. The van der Waals surface area contributed by atoms with Crippen molar-refractivity contribution in [2.24, 2.45) is 5.92 Å². The molecule has 1 aromatic heterocycles. The minimum absolute atomic E-state index is 0.407. The maximum atomic E-state index is 6.15. The van der Waals surface area contributed by atoms with Crippen LogP contribution in [0.25, 0.3) is 0 Å². The van der Waals surface area contributed by atoms with Crippen LogP contribution in [0.5, 0.6) is 6.01 Å². The molecule has 3 aliphatic rings. The van der Waals surface area contributed by atoms with E-state index in [9.17, 15) is 0 Å². The van der Waals surface area contributed by atoms with Gasteiger partial charge in [0.15, 0.2) is 11.6 Å². The van der Waals surface area contributed by atoms with Crippen LogP contribution in [-0.2, 0) is 0 Å². The van der Waals surface area contributed by atoms with Crippen molar-refractivity contribution in [1.82, 2.24) is 14.9 Å². The number of nitrogens with two attached hydrogens (primary N) is 1. The third kappa shape index (κ3) is 5.05. The molecule has 162 valence electrons. The lowest BCUT2D eigenvalue weighted by molar-refractivity contribution is 0.0961. The van der Waals surface area contributed by atoms with E-state index >= 15 is 0 Å². The van der Waals surface area contributed by atoms with Gasteiger partial charge in [-0.15, -0.1) is 0 Å². The van der Waals surface area contributed by atoms with Crippen molar-refractivity contribution in [2.75, 3.05) is 48.9 Å². The van der Waals surface area contributed by atoms with E-state index < -0.39 is 0 Å². The first-order chi connectivity index (χ1) is 14.2. The largest absolute Gasteiger partial charge is 0.463 e. The Balaban J connectivity index is 1.32. The highest BCUT2D eigenvalue weighted by molar-refractivity contribution is 5.80. The molecule has 2 fully saturated rings. The number of rotatable bonds is 8. The molecule has 0 spiro atoms. The van der Waals surface area contributed by atoms with Gasteiger partial charge >= 0.3 is 6.01 Å². The zero-order chi connectivity index (χ0) is 20.1. The van der Waals surface area contributed by atoms with Gasteiger partial charge in [-0.25, -0.2) is 0 Å². The quantitative estimate of drug-likeness (QED) is 0.639. The normalized spacial score (nSPS) is 23.1. The molecule has 1 saturated carbocycles. The zero-order valence-corrected chi connectivity index (χ0v) is 18.0. The van der Waals surface area contributed by atoms with Gasteiger partial charge in [0.05, 0.1) is 13.3 Å². The summed E-state index contributed by atoms with van der Waals surface area (Å²) in [5, 5.41) is 3.37. The van der Waals surface area contributed by atoms with E-state index in [0.717, 1.165) is 49.5 Å². The minimum atomic E-state index is 0.407. The summed E-state index contributed by atoms with van der Waals surface area (Å²) in [6.07, 6.45) is 13.1. The summed E-state index contributed by atoms with van der Waals surface area (Å²) in [6.45, 7) is 7.13. The summed E-state index contributed by atoms with van der Waals surface area (Å²) >= 11 is 0. The number of aromatic nitrogens is 2. The second-order valence-corrected chi connectivity index (χ2v) is 8.97. The van der Waals surface area contributed by atoms with Gasteiger partial charge in [0.25, 0.3) is 0 Å². The number of unbranched alkanes of at least 4 members (excludes halogenated alkanes) is 1. The Morgan fingerprint density at radius 1 is 1.14 bits per heavy atom. The maximum absolute atomic E-state index is 6.15. The van der Waals surface area contributed by atoms with Crippen LogP contribution in [0.3, 0.4) is 0 Å². The fraction of sp³-hybridized carbons (Fsp3) is 0.818. The fourth-order valence-corrected chi connectivity index (χ4v) is 5.10. The van der Waals surface area contributed by atoms with Crippen molar-refractivity contribution in [3.05, 3.63) is 0 Å². The molecule has 1 aromatic rings. The molecule has 0 amide bonds. The number of hydrogen-bond donors (Lipinski definition) is 2. The van der Waals surface area contributed by atoms with Gasteiger partial charge in [0, 0.05) is 19.1 Å². The number of piperidine rings is 1. The highest BCUT2D eigenvalue weighted by atomic mass is 16.5. The number of fused-ring (bicyclic) bond motifs is 1. The number of likely N-dealkylation sites (tertiary alicyclic amines) is 1. The molecular formula is C22H38N6O. The maximum Gasteiger partial charge on any atom is 0.320 e. The number of anilines is 3. The van der Waals surface area contributed by atoms with Gasteiger partial charge in [-0.2, -0.15) is 9.97 Å². The number of ether oxygens (including phenoxy) is 1. The van der Waals surface area contributed by atoms with Crippen molar-refractivity contribution < 1.29 is 4.74 Å². The van der Waals surface area contributed by atoms with Gasteiger partial charge in [-0.05, 0) is 51.0 Å². The van der Waals surface area contributed by atoms with E-state index in [-0.39, 0.29) is 0 Å². The van der Waals surface area contributed by atoms with E-state index in [2.05, 4.69) is 32.0 Å². The zero-order valence-electron chi connectivity index (χ0n) is 18.0. The van der Waals surface area contributed by atoms with Crippen LogP contribution in [0.2, 0.25) is 0 Å². The predicted molar refractivity (Wildman–Crippen MR) is 118 cm³/mol. The van der Waals surface area contributed by atoms with Gasteiger partial charge in [-0.3, -0.25) is 0 Å². The number of nitrogens with zero attached hydrogens (tertiary/aromatic N) is 4. The highest BCUT2D eigenvalue weighted by Gasteiger charge is 2.29. The Kier molecular flexibility index (Phi) is 6.95. The molecule has 0 bridgehead atoms. The molecular weight excluding hydrogens is 364 g/mol. The van der Waals surface area contributed by atoms with Gasteiger partial charge < -0.3 is 25.6 Å². The summed E-state index contributed by atoms with van der Waals surface area (Å²) < 4.78 is 5.71. The van der Waals surface area contributed by atoms with E-state index in [4.69, 9.17) is 10.5 Å². The van der Waals surface area contributed by atoms with Crippen molar-refractivity contribution >= 4 is 17.3 Å². The third-order valence-corrected chi connectivity index (χ3v) is 6.82. The first-order valence-electron chi connectivity index (χ1n) is 11.8. The molecule has 2 aliphatic heterocycles. The molecule has 29 heavy (non-hydrogen) atoms. The van der Waals surface area contributed by atoms with E-state index in [1.807, 2.05) is 0 Å². The number of nitrogen functional groups attached to an aromatic ring is 1. The lowest BCUT2D eigenvalue weighted by Crippen LogP contribution is -2.44. The number of hydrogen-bond acceptors (Lipinski definition) is 7. The minimum Gasteiger partial charge on any atom is -0.463 e. The Labute approximate surface area is 175 Å². The van der Waals surface area contributed by atoms with Crippen molar-refractivity contribution in [3.63, 3.8) is 0 Å². The van der Waals surface area contributed by atoms with Crippen LogP contribution in [0, 0.1) is 5.92 Å². The van der Waals surface area contributed by atoms with Crippen molar-refractivity contribution in [2.45, 2.75) is 77.2 Å². The smallest absolute Gasteiger partial charge is 0.320 e. The third-order valence-electron chi connectivity index (χ3n) is 6.82. The average molecular weight is 403 g/mol. The van der Waals surface area contributed by atoms with Crippen LogP contribution in [0.1, 0.15) is 71.1 Å². The van der Waals surface area contributed by atoms with E-state index in [1.54, 1.807) is 0 Å². The monoisotopic (exact) mass is 402 g/mol. The van der Waals surface area contributed by atoms with Crippen LogP contribution < -0.4 is 20.7 Å². The Morgan fingerprint density at radius 3 is 2.83 bits per heavy atom. The predicted octanol–water partition coefficient (Wildman–Crippen LogP) is 3.86. The lowest BCUT2D eigenvalue weighted by Gasteiger charge is -2.40. The molecule has 1 saturated heterocycles. The summed E-state index contributed by atoms with van der Waals surface area (Å²) in [6, 6.07) is 1.25. The SMILES string of the molecule is CCCCOc1nc(N)c2c(n1)N(CCC1CCCN(C3CCCCC3)C1)CN2. The van der Waals surface area contributed by atoms with Gasteiger partial charge in [0.1, 0.15) is 5.69 Å². The second-order valence-electron chi connectivity index (χ2n) is 8.97. The second kappa shape index (κ2) is 9.83. The molecule has 1 unspecified atom stereocenters. The molecule has 0 radical (unpaired) electrons. The molecule has 1 atom stereocenters. The Bertz CT molecular complexity index is 663. The van der Waals surface area contributed by atoms with Crippen LogP contribution >= 0.6 is 0 Å². The average Bonchev–Trinajstić information content (AvgIpc) is 3.17. The molecule has 7 heteroatoms. The molecule has 3 heterocycles. The summed E-state index contributed by atoms with van der Waals surface area (Å²) in [5.41, 5.74) is 7.01. The first kappa shape index (κ1) is 20.5. The Hall–Kier alpha value is -1.76. The standard InChI is InChI=1S/C22H38N6O/c1-2-3-14-29-22-25-20(23)19-21(26-22)28(16-24-19)13-11-17-8-7-12-27(15-17)18-9-5-4-6-10-18/h17-18,24H,2-16H2,1H3,(H2,23,25,26). The summed E-state index contributed by atoms with van der Waals surface area (Å²) in [5.74, 6) is 2.18.